The summed E-state index contributed by atoms with van der Waals surface area (Å²) >= 11 is 5.04. The molecular formula is C22H19BrN2O3S. The van der Waals surface area contributed by atoms with Crippen molar-refractivity contribution < 1.29 is 14.0 Å². The van der Waals surface area contributed by atoms with E-state index in [4.69, 9.17) is 4.42 Å². The number of thioether (sulfide) groups is 1. The van der Waals surface area contributed by atoms with Crippen LogP contribution < -0.4 is 5.32 Å². The number of nitrogens with zero attached hydrogens (tertiary/aromatic N) is 1. The van der Waals surface area contributed by atoms with Gasteiger partial charge in [-0.3, -0.25) is 9.59 Å². The number of carbonyl (C=O) groups is 2. The molecule has 4 rings (SSSR count). The number of furan rings is 1. The highest BCUT2D eigenvalue weighted by Gasteiger charge is 2.33. The van der Waals surface area contributed by atoms with Crippen LogP contribution in [-0.2, 0) is 11.3 Å². The lowest BCUT2D eigenvalue weighted by Crippen LogP contribution is -2.27. The molecule has 1 aliphatic rings. The summed E-state index contributed by atoms with van der Waals surface area (Å²) in [5.74, 6) is 1.12. The van der Waals surface area contributed by atoms with Crippen molar-refractivity contribution in [3.05, 3.63) is 87.8 Å². The van der Waals surface area contributed by atoms with Crippen molar-refractivity contribution in [2.75, 3.05) is 11.1 Å². The number of benzene rings is 2. The summed E-state index contributed by atoms with van der Waals surface area (Å²) in [6.45, 7) is 2.41. The molecule has 1 aromatic heterocycles. The number of amides is 2. The molecule has 1 N–H and O–H groups in total. The van der Waals surface area contributed by atoms with E-state index in [0.717, 1.165) is 27.0 Å². The molecule has 1 atom stereocenters. The fourth-order valence-corrected chi connectivity index (χ4v) is 4.63. The molecule has 7 heteroatoms. The Morgan fingerprint density at radius 1 is 1.24 bits per heavy atom. The Hall–Kier alpha value is -2.51. The third-order valence-electron chi connectivity index (χ3n) is 4.75. The largest absolute Gasteiger partial charge is 0.467 e. The first-order chi connectivity index (χ1) is 14.0. The predicted molar refractivity (Wildman–Crippen MR) is 118 cm³/mol. The first kappa shape index (κ1) is 19.8. The number of halogens is 1. The summed E-state index contributed by atoms with van der Waals surface area (Å²) in [5.41, 5.74) is 3.36. The molecule has 5 nitrogen and oxygen atoms in total. The van der Waals surface area contributed by atoms with Crippen molar-refractivity contribution >= 4 is 45.2 Å². The molecule has 1 fully saturated rings. The Kier molecular flexibility index (Phi) is 5.78. The van der Waals surface area contributed by atoms with Crippen LogP contribution in [0.2, 0.25) is 0 Å². The molecule has 2 aromatic carbocycles. The molecule has 1 unspecified atom stereocenters. The number of hydrogen-bond acceptors (Lipinski definition) is 4. The lowest BCUT2D eigenvalue weighted by molar-refractivity contribution is -0.128. The van der Waals surface area contributed by atoms with Crippen LogP contribution in [0.15, 0.2) is 69.8 Å². The molecule has 0 bridgehead atoms. The maximum atomic E-state index is 12.6. The zero-order valence-corrected chi connectivity index (χ0v) is 18.1. The van der Waals surface area contributed by atoms with Crippen LogP contribution in [0.5, 0.6) is 0 Å². The zero-order valence-electron chi connectivity index (χ0n) is 15.7. The Labute approximate surface area is 181 Å². The summed E-state index contributed by atoms with van der Waals surface area (Å²) in [6.07, 6.45) is 1.61. The third-order valence-corrected chi connectivity index (χ3v) is 6.89. The molecule has 2 amide bonds. The van der Waals surface area contributed by atoms with E-state index in [2.05, 4.69) is 21.2 Å². The number of nitrogens with one attached hydrogen (secondary N) is 1. The van der Waals surface area contributed by atoms with Gasteiger partial charge in [-0.2, -0.15) is 0 Å². The third kappa shape index (κ3) is 4.41. The van der Waals surface area contributed by atoms with E-state index in [-0.39, 0.29) is 17.2 Å². The van der Waals surface area contributed by atoms with Crippen LogP contribution >= 0.6 is 27.7 Å². The van der Waals surface area contributed by atoms with E-state index >= 15 is 0 Å². The second kappa shape index (κ2) is 8.47. The summed E-state index contributed by atoms with van der Waals surface area (Å²) in [4.78, 5) is 26.7. The standard InChI is InChI=1S/C22H19BrN2O3S/c1-14-11-17(8-9-19(14)23)24-21(27)15-4-6-16(7-5-15)22-25(20(26)13-29-22)12-18-3-2-10-28-18/h2-11,22H,12-13H2,1H3,(H,24,27). The van der Waals surface area contributed by atoms with Crippen molar-refractivity contribution in [3.63, 3.8) is 0 Å². The molecule has 1 saturated heterocycles. The lowest BCUT2D eigenvalue weighted by atomic mass is 10.1. The highest BCUT2D eigenvalue weighted by Crippen LogP contribution is 2.39. The van der Waals surface area contributed by atoms with E-state index in [1.165, 1.54) is 0 Å². The quantitative estimate of drug-likeness (QED) is 0.543. The number of aryl methyl sites for hydroxylation is 1. The van der Waals surface area contributed by atoms with Crippen molar-refractivity contribution in [2.24, 2.45) is 0 Å². The second-order valence-corrected chi connectivity index (χ2v) is 8.73. The van der Waals surface area contributed by atoms with Gasteiger partial charge >= 0.3 is 0 Å². The van der Waals surface area contributed by atoms with Gasteiger partial charge < -0.3 is 14.6 Å². The smallest absolute Gasteiger partial charge is 0.255 e. The Morgan fingerprint density at radius 3 is 2.72 bits per heavy atom. The molecule has 29 heavy (non-hydrogen) atoms. The van der Waals surface area contributed by atoms with Crippen LogP contribution in [0, 0.1) is 6.92 Å². The predicted octanol–water partition coefficient (Wildman–Crippen LogP) is 5.38. The van der Waals surface area contributed by atoms with Gasteiger partial charge in [-0.15, -0.1) is 11.8 Å². The maximum absolute atomic E-state index is 12.6. The van der Waals surface area contributed by atoms with Gasteiger partial charge in [0.25, 0.3) is 5.91 Å². The van der Waals surface area contributed by atoms with Gasteiger partial charge in [0.15, 0.2) is 0 Å². The fourth-order valence-electron chi connectivity index (χ4n) is 3.20. The number of hydrogen-bond donors (Lipinski definition) is 1. The van der Waals surface area contributed by atoms with Crippen LogP contribution in [0.25, 0.3) is 0 Å². The Bertz CT molecular complexity index is 1030. The normalized spacial score (nSPS) is 16.3. The molecule has 1 aliphatic heterocycles. The van der Waals surface area contributed by atoms with Gasteiger partial charge in [0.1, 0.15) is 11.1 Å². The summed E-state index contributed by atoms with van der Waals surface area (Å²) < 4.78 is 6.39. The SMILES string of the molecule is Cc1cc(NC(=O)c2ccc(C3SCC(=O)N3Cc3ccco3)cc2)ccc1Br. The van der Waals surface area contributed by atoms with Gasteiger partial charge in [-0.05, 0) is 60.5 Å². The monoisotopic (exact) mass is 470 g/mol. The average Bonchev–Trinajstić information content (AvgIpc) is 3.36. The Balaban J connectivity index is 1.47. The van der Waals surface area contributed by atoms with Crippen LogP contribution in [0.3, 0.4) is 0 Å². The molecule has 0 spiro atoms. The molecular weight excluding hydrogens is 452 g/mol. The summed E-state index contributed by atoms with van der Waals surface area (Å²) in [5, 5.41) is 2.83. The second-order valence-electron chi connectivity index (χ2n) is 6.80. The van der Waals surface area contributed by atoms with Gasteiger partial charge in [0.2, 0.25) is 5.91 Å². The number of carbonyl (C=O) groups excluding carboxylic acids is 2. The molecule has 0 radical (unpaired) electrons. The highest BCUT2D eigenvalue weighted by atomic mass is 79.9. The summed E-state index contributed by atoms with van der Waals surface area (Å²) in [6, 6.07) is 16.8. The topological polar surface area (TPSA) is 62.6 Å². The minimum atomic E-state index is -0.166. The van der Waals surface area contributed by atoms with E-state index < -0.39 is 0 Å². The highest BCUT2D eigenvalue weighted by molar-refractivity contribution is 9.10. The first-order valence-electron chi connectivity index (χ1n) is 9.12. The molecule has 0 aliphatic carbocycles. The number of anilines is 1. The minimum absolute atomic E-state index is 0.0844. The van der Waals surface area contributed by atoms with Gasteiger partial charge in [0, 0.05) is 15.7 Å². The van der Waals surface area contributed by atoms with E-state index in [9.17, 15) is 9.59 Å². The number of rotatable bonds is 5. The van der Waals surface area contributed by atoms with Crippen molar-refractivity contribution in [1.82, 2.24) is 4.90 Å². The van der Waals surface area contributed by atoms with Crippen molar-refractivity contribution in [1.29, 1.82) is 0 Å². The summed E-state index contributed by atoms with van der Waals surface area (Å²) in [7, 11) is 0. The van der Waals surface area contributed by atoms with Gasteiger partial charge in [-0.1, -0.05) is 28.1 Å². The fraction of sp³-hybridized carbons (Fsp3) is 0.182. The molecule has 3 aromatic rings. The van der Waals surface area contributed by atoms with Gasteiger partial charge in [-0.25, -0.2) is 0 Å². The van der Waals surface area contributed by atoms with E-state index in [1.807, 2.05) is 54.3 Å². The molecule has 148 valence electrons. The van der Waals surface area contributed by atoms with Gasteiger partial charge in [0.05, 0.1) is 18.6 Å². The molecule has 2 heterocycles. The van der Waals surface area contributed by atoms with Crippen molar-refractivity contribution in [2.45, 2.75) is 18.8 Å². The van der Waals surface area contributed by atoms with Crippen LogP contribution in [0.1, 0.15) is 32.6 Å². The maximum Gasteiger partial charge on any atom is 0.255 e. The van der Waals surface area contributed by atoms with E-state index in [0.29, 0.717) is 17.9 Å². The van der Waals surface area contributed by atoms with E-state index in [1.54, 1.807) is 30.2 Å². The van der Waals surface area contributed by atoms with Crippen LogP contribution in [-0.4, -0.2) is 22.5 Å². The lowest BCUT2D eigenvalue weighted by Gasteiger charge is -2.23. The molecule has 0 saturated carbocycles. The van der Waals surface area contributed by atoms with Crippen molar-refractivity contribution in [3.8, 4) is 0 Å². The minimum Gasteiger partial charge on any atom is -0.467 e. The van der Waals surface area contributed by atoms with Crippen LogP contribution in [0.4, 0.5) is 5.69 Å². The first-order valence-corrected chi connectivity index (χ1v) is 11.0. The average molecular weight is 471 g/mol. The Morgan fingerprint density at radius 2 is 2.03 bits per heavy atom. The zero-order chi connectivity index (χ0) is 20.4.